The second-order valence-corrected chi connectivity index (χ2v) is 8.98. The predicted octanol–water partition coefficient (Wildman–Crippen LogP) is 2.29. The van der Waals surface area contributed by atoms with Crippen LogP contribution >= 0.6 is 0 Å². The standard InChI is InChI=1S/C27H47N3O6/c1-22(2)7-6-11-30-27(31)21-34-17-18-35-26(28)20-36-25-9-5-8-24(19-25)10-13-32-15-16-33-14-12-29-23(3)4/h5-9,19,22-23,26,29H,10-18,20-21,28H2,1-4H3,(H,30,31)/b7-6+. The Kier molecular flexibility index (Phi) is 18.8. The van der Waals surface area contributed by atoms with Crippen molar-refractivity contribution in [3.8, 4) is 5.75 Å². The van der Waals surface area contributed by atoms with E-state index in [1.54, 1.807) is 0 Å². The average molecular weight is 510 g/mol. The fourth-order valence-corrected chi connectivity index (χ4v) is 2.94. The fraction of sp³-hybridized carbons (Fsp3) is 0.667. The van der Waals surface area contributed by atoms with Crippen LogP contribution < -0.4 is 21.1 Å². The van der Waals surface area contributed by atoms with E-state index in [2.05, 4.69) is 38.3 Å². The summed E-state index contributed by atoms with van der Waals surface area (Å²) in [6, 6.07) is 8.31. The van der Waals surface area contributed by atoms with Gasteiger partial charge in [0.2, 0.25) is 5.91 Å². The Bertz CT molecular complexity index is 715. The molecule has 0 radical (unpaired) electrons. The summed E-state index contributed by atoms with van der Waals surface area (Å²) in [5, 5.41) is 6.07. The molecule has 0 aliphatic heterocycles. The smallest absolute Gasteiger partial charge is 0.246 e. The van der Waals surface area contributed by atoms with Crippen molar-refractivity contribution in [2.45, 2.75) is 46.4 Å². The van der Waals surface area contributed by atoms with Gasteiger partial charge in [-0.1, -0.05) is 52.0 Å². The van der Waals surface area contributed by atoms with Crippen molar-refractivity contribution < 1.29 is 28.5 Å². The first-order valence-electron chi connectivity index (χ1n) is 12.9. The van der Waals surface area contributed by atoms with Crippen molar-refractivity contribution in [3.63, 3.8) is 0 Å². The molecule has 36 heavy (non-hydrogen) atoms. The first-order valence-corrected chi connectivity index (χ1v) is 12.9. The number of hydrogen-bond acceptors (Lipinski definition) is 8. The third-order valence-corrected chi connectivity index (χ3v) is 4.75. The Hall–Kier alpha value is -2.01. The normalized spacial score (nSPS) is 12.5. The van der Waals surface area contributed by atoms with E-state index in [9.17, 15) is 4.79 Å². The molecule has 1 atom stereocenters. The summed E-state index contributed by atoms with van der Waals surface area (Å²) >= 11 is 0. The van der Waals surface area contributed by atoms with Crippen LogP contribution in [0.15, 0.2) is 36.4 Å². The van der Waals surface area contributed by atoms with Gasteiger partial charge in [-0.2, -0.15) is 0 Å². The fourth-order valence-electron chi connectivity index (χ4n) is 2.94. The molecule has 0 aliphatic rings. The van der Waals surface area contributed by atoms with Crippen molar-refractivity contribution in [2.24, 2.45) is 11.7 Å². The zero-order valence-electron chi connectivity index (χ0n) is 22.5. The highest BCUT2D eigenvalue weighted by Crippen LogP contribution is 2.14. The lowest BCUT2D eigenvalue weighted by atomic mass is 10.1. The molecule has 9 nitrogen and oxygen atoms in total. The van der Waals surface area contributed by atoms with Crippen LogP contribution in [0.3, 0.4) is 0 Å². The highest BCUT2D eigenvalue weighted by atomic mass is 16.6. The van der Waals surface area contributed by atoms with Crippen molar-refractivity contribution >= 4 is 5.91 Å². The second-order valence-electron chi connectivity index (χ2n) is 8.98. The molecule has 1 unspecified atom stereocenters. The largest absolute Gasteiger partial charge is 0.489 e. The minimum absolute atomic E-state index is 0.00999. The van der Waals surface area contributed by atoms with Gasteiger partial charge in [0.15, 0.2) is 0 Å². The number of rotatable bonds is 22. The van der Waals surface area contributed by atoms with Gasteiger partial charge in [0.25, 0.3) is 0 Å². The van der Waals surface area contributed by atoms with E-state index in [1.807, 2.05) is 36.4 Å². The summed E-state index contributed by atoms with van der Waals surface area (Å²) in [5.41, 5.74) is 7.07. The van der Waals surface area contributed by atoms with E-state index < -0.39 is 6.23 Å². The van der Waals surface area contributed by atoms with Crippen LogP contribution in [0.25, 0.3) is 0 Å². The lowest BCUT2D eigenvalue weighted by molar-refractivity contribution is -0.126. The zero-order valence-corrected chi connectivity index (χ0v) is 22.5. The second kappa shape index (κ2) is 21.1. The zero-order chi connectivity index (χ0) is 26.4. The highest BCUT2D eigenvalue weighted by Gasteiger charge is 2.06. The number of carbonyl (C=O) groups is 1. The number of amides is 1. The minimum Gasteiger partial charge on any atom is -0.489 e. The minimum atomic E-state index is -0.591. The van der Waals surface area contributed by atoms with E-state index in [4.69, 9.17) is 29.4 Å². The summed E-state index contributed by atoms with van der Waals surface area (Å²) in [5.74, 6) is 1.03. The molecule has 0 saturated heterocycles. The molecule has 9 heteroatoms. The molecule has 0 aromatic heterocycles. The molecule has 1 amide bonds. The van der Waals surface area contributed by atoms with E-state index >= 15 is 0 Å². The Labute approximate surface area is 217 Å². The van der Waals surface area contributed by atoms with E-state index in [1.165, 1.54) is 0 Å². The van der Waals surface area contributed by atoms with Crippen LogP contribution in [0, 0.1) is 5.92 Å². The van der Waals surface area contributed by atoms with Crippen LogP contribution in [0.2, 0.25) is 0 Å². The maximum absolute atomic E-state index is 11.7. The molecule has 0 saturated carbocycles. The van der Waals surface area contributed by atoms with Crippen LogP contribution in [0.1, 0.15) is 33.3 Å². The SMILES string of the molecule is CC(C)/C=C/CNC(=O)COCCOC(N)COc1cccc(CCOCCOCCNC(C)C)c1. The molecule has 1 aromatic carbocycles. The third-order valence-electron chi connectivity index (χ3n) is 4.75. The van der Waals surface area contributed by atoms with Gasteiger partial charge in [0.1, 0.15) is 25.2 Å². The molecule has 4 N–H and O–H groups in total. The van der Waals surface area contributed by atoms with Gasteiger partial charge in [-0.15, -0.1) is 0 Å². The van der Waals surface area contributed by atoms with Gasteiger partial charge in [-0.3, -0.25) is 4.79 Å². The Morgan fingerprint density at radius 1 is 1.00 bits per heavy atom. The van der Waals surface area contributed by atoms with Gasteiger partial charge in [-0.05, 0) is 30.0 Å². The molecule has 0 aliphatic carbocycles. The summed E-state index contributed by atoms with van der Waals surface area (Å²) in [6.45, 7) is 13.0. The third kappa shape index (κ3) is 19.2. The van der Waals surface area contributed by atoms with Crippen molar-refractivity contribution in [1.82, 2.24) is 10.6 Å². The molecule has 0 heterocycles. The first-order chi connectivity index (χ1) is 17.4. The van der Waals surface area contributed by atoms with Gasteiger partial charge in [0.05, 0.1) is 39.6 Å². The molecule has 0 spiro atoms. The van der Waals surface area contributed by atoms with E-state index in [0.29, 0.717) is 44.9 Å². The molecule has 1 aromatic rings. The van der Waals surface area contributed by atoms with Crippen LogP contribution in [-0.2, 0) is 30.2 Å². The summed E-state index contributed by atoms with van der Waals surface area (Å²) in [7, 11) is 0. The predicted molar refractivity (Wildman–Crippen MR) is 142 cm³/mol. The molecule has 0 bridgehead atoms. The Morgan fingerprint density at radius 2 is 1.75 bits per heavy atom. The lowest BCUT2D eigenvalue weighted by Crippen LogP contribution is -2.33. The maximum Gasteiger partial charge on any atom is 0.246 e. The Balaban J connectivity index is 2.07. The van der Waals surface area contributed by atoms with Crippen LogP contribution in [0.5, 0.6) is 5.75 Å². The summed E-state index contributed by atoms with van der Waals surface area (Å²) in [6.07, 6.45) is 4.16. The van der Waals surface area contributed by atoms with Crippen molar-refractivity contribution in [2.75, 3.05) is 65.9 Å². The molecule has 206 valence electrons. The Morgan fingerprint density at radius 3 is 2.50 bits per heavy atom. The van der Waals surface area contributed by atoms with Crippen LogP contribution in [-0.4, -0.2) is 84.1 Å². The highest BCUT2D eigenvalue weighted by molar-refractivity contribution is 5.77. The number of hydrogen-bond donors (Lipinski definition) is 3. The first kappa shape index (κ1) is 32.0. The number of ether oxygens (including phenoxy) is 5. The molecule has 0 fully saturated rings. The number of nitrogens with one attached hydrogen (secondary N) is 2. The number of benzene rings is 1. The van der Waals surface area contributed by atoms with E-state index in [-0.39, 0.29) is 32.3 Å². The average Bonchev–Trinajstić information content (AvgIpc) is 2.84. The number of allylic oxidation sites excluding steroid dienone is 1. The van der Waals surface area contributed by atoms with Gasteiger partial charge in [0, 0.05) is 19.1 Å². The molecule has 1 rings (SSSR count). The van der Waals surface area contributed by atoms with Crippen molar-refractivity contribution in [1.29, 1.82) is 0 Å². The molecular formula is C27H47N3O6. The summed E-state index contributed by atoms with van der Waals surface area (Å²) in [4.78, 5) is 11.7. The maximum atomic E-state index is 11.7. The van der Waals surface area contributed by atoms with Crippen LogP contribution in [0.4, 0.5) is 0 Å². The topological polar surface area (TPSA) is 113 Å². The van der Waals surface area contributed by atoms with Gasteiger partial charge in [-0.25, -0.2) is 0 Å². The molecular weight excluding hydrogens is 462 g/mol. The lowest BCUT2D eigenvalue weighted by Gasteiger charge is -2.15. The van der Waals surface area contributed by atoms with Gasteiger partial charge < -0.3 is 40.1 Å². The van der Waals surface area contributed by atoms with E-state index in [0.717, 1.165) is 24.3 Å². The number of nitrogens with two attached hydrogens (primary N) is 1. The van der Waals surface area contributed by atoms with Crippen molar-refractivity contribution in [3.05, 3.63) is 42.0 Å². The quantitative estimate of drug-likeness (QED) is 0.124. The summed E-state index contributed by atoms with van der Waals surface area (Å²) < 4.78 is 27.7. The van der Waals surface area contributed by atoms with Gasteiger partial charge >= 0.3 is 0 Å². The number of carbonyl (C=O) groups excluding carboxylic acids is 1. The monoisotopic (exact) mass is 509 g/mol.